The summed E-state index contributed by atoms with van der Waals surface area (Å²) in [4.78, 5) is 15.1. The van der Waals surface area contributed by atoms with Crippen molar-refractivity contribution in [1.29, 1.82) is 0 Å². The summed E-state index contributed by atoms with van der Waals surface area (Å²) in [6, 6.07) is 7.29. The van der Waals surface area contributed by atoms with Gasteiger partial charge in [-0.25, -0.2) is 8.42 Å². The third kappa shape index (κ3) is 4.80. The molecular formula is C19H26BrNO4S. The van der Waals surface area contributed by atoms with Gasteiger partial charge in [-0.3, -0.25) is 4.79 Å². The minimum absolute atomic E-state index is 0.0836. The van der Waals surface area contributed by atoms with Crippen molar-refractivity contribution < 1.29 is 17.9 Å². The molecule has 1 saturated carbocycles. The zero-order valence-electron chi connectivity index (χ0n) is 15.1. The summed E-state index contributed by atoms with van der Waals surface area (Å²) in [6.07, 6.45) is 5.18. The monoisotopic (exact) mass is 443 g/mol. The van der Waals surface area contributed by atoms with Gasteiger partial charge in [-0.2, -0.15) is 0 Å². The lowest BCUT2D eigenvalue weighted by molar-refractivity contribution is -0.143. The highest BCUT2D eigenvalue weighted by Crippen LogP contribution is 2.29. The third-order valence-electron chi connectivity index (χ3n) is 5.30. The quantitative estimate of drug-likeness (QED) is 0.697. The van der Waals surface area contributed by atoms with Crippen LogP contribution in [0.2, 0.25) is 0 Å². The van der Waals surface area contributed by atoms with Gasteiger partial charge < -0.3 is 9.64 Å². The molecule has 0 radical (unpaired) electrons. The van der Waals surface area contributed by atoms with E-state index in [0.717, 1.165) is 30.2 Å². The Bertz CT molecular complexity index is 728. The van der Waals surface area contributed by atoms with Crippen LogP contribution >= 0.6 is 15.9 Å². The average molecular weight is 444 g/mol. The first-order chi connectivity index (χ1) is 12.4. The van der Waals surface area contributed by atoms with Crippen LogP contribution in [0.25, 0.3) is 0 Å². The number of benzene rings is 1. The van der Waals surface area contributed by atoms with Gasteiger partial charge >= 0.3 is 0 Å². The molecule has 0 unspecified atom stereocenters. The number of carbonyl (C=O) groups excluding carboxylic acids is 1. The molecule has 26 heavy (non-hydrogen) atoms. The molecule has 2 atom stereocenters. The maximum atomic E-state index is 13.2. The number of ether oxygens (including phenoxy) is 1. The first-order valence-corrected chi connectivity index (χ1v) is 11.9. The molecule has 144 valence electrons. The van der Waals surface area contributed by atoms with Crippen molar-refractivity contribution in [2.75, 3.05) is 11.5 Å². The van der Waals surface area contributed by atoms with Gasteiger partial charge in [0.1, 0.15) is 5.75 Å². The van der Waals surface area contributed by atoms with Crippen molar-refractivity contribution in [3.05, 3.63) is 28.7 Å². The van der Waals surface area contributed by atoms with Crippen molar-refractivity contribution >= 4 is 31.7 Å². The topological polar surface area (TPSA) is 63.7 Å². The van der Waals surface area contributed by atoms with Crippen LogP contribution in [0.15, 0.2) is 28.7 Å². The lowest BCUT2D eigenvalue weighted by Crippen LogP contribution is -2.52. The normalized spacial score (nSPS) is 24.2. The summed E-state index contributed by atoms with van der Waals surface area (Å²) in [6.45, 7) is 1.75. The molecule has 1 heterocycles. The van der Waals surface area contributed by atoms with Crippen LogP contribution in [0.5, 0.6) is 5.75 Å². The summed E-state index contributed by atoms with van der Waals surface area (Å²) in [5.41, 5.74) is 0. The third-order valence-corrected chi connectivity index (χ3v) is 7.58. The maximum Gasteiger partial charge on any atom is 0.263 e. The second kappa shape index (κ2) is 8.30. The standard InChI is InChI=1S/C19H26BrNO4S/c1-14(25-18-9-7-15(20)8-10-18)19(22)21(16-5-3-2-4-6-16)17-11-12-26(23,24)13-17/h7-10,14,16-17H,2-6,11-13H2,1H3/t14-,17-/m0/s1. The van der Waals surface area contributed by atoms with Crippen LogP contribution in [-0.2, 0) is 14.6 Å². The molecule has 0 aromatic heterocycles. The van der Waals surface area contributed by atoms with Gasteiger partial charge in [0.05, 0.1) is 11.5 Å². The molecule has 1 aromatic rings. The zero-order chi connectivity index (χ0) is 18.7. The lowest BCUT2D eigenvalue weighted by Gasteiger charge is -2.39. The molecule has 1 saturated heterocycles. The van der Waals surface area contributed by atoms with E-state index in [-0.39, 0.29) is 29.5 Å². The largest absolute Gasteiger partial charge is 0.481 e. The molecule has 3 rings (SSSR count). The van der Waals surface area contributed by atoms with Crippen molar-refractivity contribution in [1.82, 2.24) is 4.90 Å². The van der Waals surface area contributed by atoms with Gasteiger partial charge in [0, 0.05) is 16.6 Å². The molecule has 5 nitrogen and oxygen atoms in total. The Hall–Kier alpha value is -1.08. The fourth-order valence-corrected chi connectivity index (χ4v) is 5.97. The van der Waals surface area contributed by atoms with E-state index in [1.807, 2.05) is 29.2 Å². The SMILES string of the molecule is C[C@H](Oc1ccc(Br)cc1)C(=O)N(C1CCCCC1)[C@H]1CCS(=O)(=O)C1. The average Bonchev–Trinajstić information content (AvgIpc) is 2.97. The fourth-order valence-electron chi connectivity index (χ4n) is 3.99. The molecule has 1 amide bonds. The minimum atomic E-state index is -3.04. The van der Waals surface area contributed by atoms with Crippen molar-refractivity contribution in [3.63, 3.8) is 0 Å². The first-order valence-electron chi connectivity index (χ1n) is 9.30. The van der Waals surface area contributed by atoms with E-state index in [9.17, 15) is 13.2 Å². The molecule has 1 aromatic carbocycles. The second-order valence-electron chi connectivity index (χ2n) is 7.31. The van der Waals surface area contributed by atoms with Crippen LogP contribution in [0.3, 0.4) is 0 Å². The summed E-state index contributed by atoms with van der Waals surface area (Å²) in [5, 5.41) is 0. The van der Waals surface area contributed by atoms with Gasteiger partial charge in [-0.15, -0.1) is 0 Å². The predicted molar refractivity (Wildman–Crippen MR) is 105 cm³/mol. The molecule has 0 N–H and O–H groups in total. The number of sulfone groups is 1. The van der Waals surface area contributed by atoms with E-state index in [4.69, 9.17) is 4.74 Å². The van der Waals surface area contributed by atoms with Crippen molar-refractivity contribution in [3.8, 4) is 5.75 Å². The van der Waals surface area contributed by atoms with Crippen LogP contribution in [0.1, 0.15) is 45.4 Å². The van der Waals surface area contributed by atoms with Crippen LogP contribution in [-0.4, -0.2) is 48.9 Å². The Balaban J connectivity index is 1.76. The summed E-state index contributed by atoms with van der Waals surface area (Å²) >= 11 is 3.38. The van der Waals surface area contributed by atoms with Crippen LogP contribution < -0.4 is 4.74 Å². The number of hydrogen-bond acceptors (Lipinski definition) is 4. The predicted octanol–water partition coefficient (Wildman–Crippen LogP) is 3.56. The molecule has 2 fully saturated rings. The number of halogens is 1. The zero-order valence-corrected chi connectivity index (χ0v) is 17.5. The van der Waals surface area contributed by atoms with Crippen LogP contribution in [0, 0.1) is 0 Å². The van der Waals surface area contributed by atoms with Crippen molar-refractivity contribution in [2.45, 2.75) is 63.6 Å². The Morgan fingerprint density at radius 1 is 1.12 bits per heavy atom. The van der Waals surface area contributed by atoms with Crippen molar-refractivity contribution in [2.24, 2.45) is 0 Å². The highest BCUT2D eigenvalue weighted by Gasteiger charge is 2.40. The Morgan fingerprint density at radius 2 is 1.77 bits per heavy atom. The highest BCUT2D eigenvalue weighted by atomic mass is 79.9. The Morgan fingerprint density at radius 3 is 2.35 bits per heavy atom. The second-order valence-corrected chi connectivity index (χ2v) is 10.5. The molecule has 0 spiro atoms. The van der Waals surface area contributed by atoms with Gasteiger partial charge in [0.2, 0.25) is 0 Å². The first kappa shape index (κ1) is 19.7. The van der Waals surface area contributed by atoms with E-state index in [0.29, 0.717) is 12.2 Å². The number of amides is 1. The number of hydrogen-bond donors (Lipinski definition) is 0. The minimum Gasteiger partial charge on any atom is -0.481 e. The van der Waals surface area contributed by atoms with Crippen LogP contribution in [0.4, 0.5) is 0 Å². The van der Waals surface area contributed by atoms with Gasteiger partial charge in [0.25, 0.3) is 5.91 Å². The maximum absolute atomic E-state index is 13.2. The van der Waals surface area contributed by atoms with E-state index in [2.05, 4.69) is 15.9 Å². The van der Waals surface area contributed by atoms with Gasteiger partial charge in [-0.1, -0.05) is 35.2 Å². The summed E-state index contributed by atoms with van der Waals surface area (Å²) in [5.74, 6) is 0.801. The van der Waals surface area contributed by atoms with Gasteiger partial charge in [0.15, 0.2) is 15.9 Å². The molecule has 7 heteroatoms. The molecule has 2 aliphatic rings. The summed E-state index contributed by atoms with van der Waals surface area (Å²) < 4.78 is 30.7. The molecule has 0 bridgehead atoms. The molecular weight excluding hydrogens is 418 g/mol. The molecule has 1 aliphatic heterocycles. The number of nitrogens with zero attached hydrogens (tertiary/aromatic N) is 1. The Labute approximate surface area is 164 Å². The summed E-state index contributed by atoms with van der Waals surface area (Å²) in [7, 11) is -3.04. The van der Waals surface area contributed by atoms with E-state index < -0.39 is 15.9 Å². The van der Waals surface area contributed by atoms with Gasteiger partial charge in [-0.05, 0) is 50.5 Å². The van der Waals surface area contributed by atoms with E-state index in [1.54, 1.807) is 6.92 Å². The molecule has 1 aliphatic carbocycles. The van der Waals surface area contributed by atoms with E-state index >= 15 is 0 Å². The lowest BCUT2D eigenvalue weighted by atomic mass is 9.92. The number of carbonyl (C=O) groups is 1. The smallest absolute Gasteiger partial charge is 0.263 e. The Kier molecular flexibility index (Phi) is 6.28. The highest BCUT2D eigenvalue weighted by molar-refractivity contribution is 9.10. The number of rotatable bonds is 5. The fraction of sp³-hybridized carbons (Fsp3) is 0.632. The van der Waals surface area contributed by atoms with E-state index in [1.165, 1.54) is 6.42 Å².